The number of carbonyl (C=O) groups is 1. The van der Waals surface area contributed by atoms with Crippen molar-refractivity contribution in [2.45, 2.75) is 46.1 Å². The zero-order valence-electron chi connectivity index (χ0n) is 13.5. The maximum Gasteiger partial charge on any atom is 0.251 e. The van der Waals surface area contributed by atoms with Crippen molar-refractivity contribution in [3.63, 3.8) is 0 Å². The molecule has 0 saturated carbocycles. The van der Waals surface area contributed by atoms with Gasteiger partial charge in [-0.1, -0.05) is 50.0 Å². The quantitative estimate of drug-likeness (QED) is 0.733. The maximum absolute atomic E-state index is 14.1. The van der Waals surface area contributed by atoms with Crippen molar-refractivity contribution in [2.75, 3.05) is 0 Å². The Labute approximate surface area is 139 Å². The van der Waals surface area contributed by atoms with Crippen LogP contribution in [-0.4, -0.2) is 10.5 Å². The minimum Gasteiger partial charge on any atom is -0.302 e. The first-order valence-electron chi connectivity index (χ1n) is 7.92. The first kappa shape index (κ1) is 17.4. The van der Waals surface area contributed by atoms with Gasteiger partial charge in [0, 0.05) is 5.92 Å². The number of halogens is 1. The molecule has 0 saturated heterocycles. The average molecular weight is 332 g/mol. The Bertz CT molecular complexity index is 791. The van der Waals surface area contributed by atoms with Crippen LogP contribution in [0.3, 0.4) is 0 Å². The van der Waals surface area contributed by atoms with Gasteiger partial charge in [-0.2, -0.15) is 4.99 Å². The molecule has 0 bridgehead atoms. The van der Waals surface area contributed by atoms with Crippen molar-refractivity contribution < 1.29 is 9.18 Å². The van der Waals surface area contributed by atoms with Gasteiger partial charge < -0.3 is 4.57 Å². The molecule has 0 aliphatic rings. The fourth-order valence-corrected chi connectivity index (χ4v) is 3.73. The van der Waals surface area contributed by atoms with E-state index in [1.165, 1.54) is 17.4 Å². The summed E-state index contributed by atoms with van der Waals surface area (Å²) < 4.78 is 16.5. The summed E-state index contributed by atoms with van der Waals surface area (Å²) in [4.78, 5) is 17.2. The Hall–Kier alpha value is -1.93. The summed E-state index contributed by atoms with van der Waals surface area (Å²) in [7, 11) is 0. The van der Waals surface area contributed by atoms with Gasteiger partial charge in [0.2, 0.25) is 0 Å². The lowest BCUT2D eigenvalue weighted by atomic mass is 9.98. The SMILES string of the molecule is C#CCn1c(=NC(=O)C(CCC)CCC)sc2cccc(F)c21. The van der Waals surface area contributed by atoms with Crippen LogP contribution in [0.25, 0.3) is 10.2 Å². The molecule has 0 radical (unpaired) electrons. The first-order valence-corrected chi connectivity index (χ1v) is 8.73. The molecular weight excluding hydrogens is 311 g/mol. The number of para-hydroxylation sites is 1. The average Bonchev–Trinajstić information content (AvgIpc) is 2.86. The van der Waals surface area contributed by atoms with Gasteiger partial charge in [-0.05, 0) is 25.0 Å². The molecular formula is C18H21FN2OS. The minimum atomic E-state index is -0.346. The summed E-state index contributed by atoms with van der Waals surface area (Å²) in [6.45, 7) is 4.31. The Morgan fingerprint density at radius 3 is 2.70 bits per heavy atom. The number of terminal acetylenes is 1. The highest BCUT2D eigenvalue weighted by atomic mass is 32.1. The van der Waals surface area contributed by atoms with Gasteiger partial charge in [-0.15, -0.1) is 6.42 Å². The van der Waals surface area contributed by atoms with Gasteiger partial charge >= 0.3 is 0 Å². The Morgan fingerprint density at radius 2 is 2.09 bits per heavy atom. The number of amides is 1. The predicted octanol–water partition coefficient (Wildman–Crippen LogP) is 4.12. The van der Waals surface area contributed by atoms with E-state index in [1.807, 2.05) is 6.07 Å². The van der Waals surface area contributed by atoms with Crippen molar-refractivity contribution in [1.82, 2.24) is 4.57 Å². The molecule has 0 unspecified atom stereocenters. The molecule has 0 spiro atoms. The molecule has 0 aliphatic heterocycles. The third kappa shape index (κ3) is 3.89. The van der Waals surface area contributed by atoms with Crippen LogP contribution in [0.2, 0.25) is 0 Å². The third-order valence-electron chi connectivity index (χ3n) is 3.73. The molecule has 3 nitrogen and oxygen atoms in total. The van der Waals surface area contributed by atoms with Gasteiger partial charge in [-0.25, -0.2) is 4.39 Å². The molecule has 1 amide bonds. The number of fused-ring (bicyclic) bond motifs is 1. The van der Waals surface area contributed by atoms with Crippen LogP contribution in [0.5, 0.6) is 0 Å². The molecule has 0 atom stereocenters. The molecule has 2 aromatic rings. The highest BCUT2D eigenvalue weighted by Crippen LogP contribution is 2.21. The number of hydrogen-bond donors (Lipinski definition) is 0. The highest BCUT2D eigenvalue weighted by Gasteiger charge is 2.17. The summed E-state index contributed by atoms with van der Waals surface area (Å²) in [6, 6.07) is 4.86. The van der Waals surface area contributed by atoms with E-state index in [0.29, 0.717) is 10.3 Å². The lowest BCUT2D eigenvalue weighted by molar-refractivity contribution is -0.122. The monoisotopic (exact) mass is 332 g/mol. The van der Waals surface area contributed by atoms with E-state index in [4.69, 9.17) is 6.42 Å². The zero-order chi connectivity index (χ0) is 16.8. The topological polar surface area (TPSA) is 34.4 Å². The predicted molar refractivity (Wildman–Crippen MR) is 92.5 cm³/mol. The van der Waals surface area contributed by atoms with Gasteiger partial charge in [0.15, 0.2) is 4.80 Å². The highest BCUT2D eigenvalue weighted by molar-refractivity contribution is 7.16. The molecule has 1 aromatic heterocycles. The molecule has 122 valence electrons. The lowest BCUT2D eigenvalue weighted by Gasteiger charge is -2.10. The number of benzene rings is 1. The van der Waals surface area contributed by atoms with Crippen LogP contribution < -0.4 is 4.80 Å². The number of nitrogens with zero attached hydrogens (tertiary/aromatic N) is 2. The van der Waals surface area contributed by atoms with Crippen LogP contribution in [0.4, 0.5) is 4.39 Å². The van der Waals surface area contributed by atoms with Crippen molar-refractivity contribution in [3.05, 3.63) is 28.8 Å². The van der Waals surface area contributed by atoms with E-state index < -0.39 is 0 Å². The molecule has 1 heterocycles. The van der Waals surface area contributed by atoms with Gasteiger partial charge in [0.1, 0.15) is 5.82 Å². The van der Waals surface area contributed by atoms with Crippen molar-refractivity contribution in [1.29, 1.82) is 0 Å². The normalized spacial score (nSPS) is 12.0. The molecule has 0 N–H and O–H groups in total. The Morgan fingerprint density at radius 1 is 1.39 bits per heavy atom. The van der Waals surface area contributed by atoms with Crippen molar-refractivity contribution in [3.8, 4) is 12.3 Å². The fraction of sp³-hybridized carbons (Fsp3) is 0.444. The van der Waals surface area contributed by atoms with Crippen LogP contribution in [0, 0.1) is 24.1 Å². The third-order valence-corrected chi connectivity index (χ3v) is 4.77. The maximum atomic E-state index is 14.1. The molecule has 1 aromatic carbocycles. The Balaban J connectivity index is 2.53. The van der Waals surface area contributed by atoms with E-state index >= 15 is 0 Å². The molecule has 5 heteroatoms. The van der Waals surface area contributed by atoms with Gasteiger partial charge in [0.05, 0.1) is 16.8 Å². The smallest absolute Gasteiger partial charge is 0.251 e. The van der Waals surface area contributed by atoms with Crippen LogP contribution in [0.15, 0.2) is 23.2 Å². The first-order chi connectivity index (χ1) is 11.1. The largest absolute Gasteiger partial charge is 0.302 e. The lowest BCUT2D eigenvalue weighted by Crippen LogP contribution is -2.20. The van der Waals surface area contributed by atoms with Crippen LogP contribution >= 0.6 is 11.3 Å². The summed E-state index contributed by atoms with van der Waals surface area (Å²) in [5, 5.41) is 0. The van der Waals surface area contributed by atoms with Gasteiger partial charge in [-0.3, -0.25) is 4.79 Å². The molecule has 2 rings (SSSR count). The molecule has 0 fully saturated rings. The number of rotatable bonds is 6. The number of aromatic nitrogens is 1. The van der Waals surface area contributed by atoms with Crippen molar-refractivity contribution >= 4 is 27.5 Å². The summed E-state index contributed by atoms with van der Waals surface area (Å²) >= 11 is 1.30. The van der Waals surface area contributed by atoms with E-state index in [9.17, 15) is 9.18 Å². The van der Waals surface area contributed by atoms with E-state index in [0.717, 1.165) is 30.4 Å². The second kappa shape index (κ2) is 8.07. The Kier molecular flexibility index (Phi) is 6.12. The molecule has 0 aliphatic carbocycles. The second-order valence-corrected chi connectivity index (χ2v) is 6.49. The molecule has 23 heavy (non-hydrogen) atoms. The fourth-order valence-electron chi connectivity index (χ4n) is 2.68. The van der Waals surface area contributed by atoms with Gasteiger partial charge in [0.25, 0.3) is 5.91 Å². The number of hydrogen-bond acceptors (Lipinski definition) is 2. The zero-order valence-corrected chi connectivity index (χ0v) is 14.3. The second-order valence-electron chi connectivity index (χ2n) is 5.49. The summed E-state index contributed by atoms with van der Waals surface area (Å²) in [5.41, 5.74) is 0.421. The summed E-state index contributed by atoms with van der Waals surface area (Å²) in [5.74, 6) is 1.97. The van der Waals surface area contributed by atoms with Crippen LogP contribution in [-0.2, 0) is 11.3 Å². The van der Waals surface area contributed by atoms with Crippen molar-refractivity contribution in [2.24, 2.45) is 10.9 Å². The standard InChI is InChI=1S/C18H21FN2OS/c1-4-8-13(9-5-2)17(22)20-18-21(12-6-3)16-14(19)10-7-11-15(16)23-18/h3,7,10-11,13H,4-5,8-9,12H2,1-2H3. The van der Waals surface area contributed by atoms with E-state index in [2.05, 4.69) is 24.8 Å². The van der Waals surface area contributed by atoms with Crippen LogP contribution in [0.1, 0.15) is 39.5 Å². The minimum absolute atomic E-state index is 0.0701. The number of carbonyl (C=O) groups excluding carboxylic acids is 1. The summed E-state index contributed by atoms with van der Waals surface area (Å²) in [6.07, 6.45) is 8.93. The van der Waals surface area contributed by atoms with E-state index in [-0.39, 0.29) is 24.2 Å². The number of thiazole rings is 1. The van der Waals surface area contributed by atoms with E-state index in [1.54, 1.807) is 10.6 Å².